The van der Waals surface area contributed by atoms with E-state index in [0.717, 1.165) is 0 Å². The minimum atomic E-state index is -0.585. The standard InChI is InChI=1S/C20H17NO5/c1-3-21-17(11-8-9-13(22)15(10-11)25-2)16-18(23)12-6-4-5-7-14(12)26-19(16)20(21)24/h4-10,17,22H,3H2,1-2H3/t17-/m0/s1. The first-order valence-corrected chi connectivity index (χ1v) is 8.30. The highest BCUT2D eigenvalue weighted by molar-refractivity contribution is 5.99. The molecule has 132 valence electrons. The van der Waals surface area contributed by atoms with Crippen molar-refractivity contribution in [2.24, 2.45) is 0 Å². The van der Waals surface area contributed by atoms with Crippen molar-refractivity contribution in [3.63, 3.8) is 0 Å². The van der Waals surface area contributed by atoms with Crippen molar-refractivity contribution in [3.05, 3.63) is 69.6 Å². The van der Waals surface area contributed by atoms with Crippen LogP contribution in [0.25, 0.3) is 11.0 Å². The number of phenolic OH excluding ortho intramolecular Hbond substituents is 1. The number of carbonyl (C=O) groups is 1. The van der Waals surface area contributed by atoms with Gasteiger partial charge in [0.25, 0.3) is 5.91 Å². The van der Waals surface area contributed by atoms with Crippen LogP contribution in [0.4, 0.5) is 0 Å². The minimum Gasteiger partial charge on any atom is -0.504 e. The lowest BCUT2D eigenvalue weighted by atomic mass is 9.98. The highest BCUT2D eigenvalue weighted by atomic mass is 16.5. The molecule has 1 aliphatic heterocycles. The normalized spacial score (nSPS) is 16.2. The van der Waals surface area contributed by atoms with Crippen molar-refractivity contribution in [3.8, 4) is 11.5 Å². The molecule has 2 heterocycles. The molecule has 0 saturated carbocycles. The van der Waals surface area contributed by atoms with Gasteiger partial charge in [-0.3, -0.25) is 9.59 Å². The lowest BCUT2D eigenvalue weighted by Gasteiger charge is -2.24. The average molecular weight is 351 g/mol. The molecule has 0 spiro atoms. The van der Waals surface area contributed by atoms with Gasteiger partial charge in [0.2, 0.25) is 5.76 Å². The van der Waals surface area contributed by atoms with Gasteiger partial charge in [-0.1, -0.05) is 18.2 Å². The summed E-state index contributed by atoms with van der Waals surface area (Å²) >= 11 is 0. The minimum absolute atomic E-state index is 0.00519. The summed E-state index contributed by atoms with van der Waals surface area (Å²) in [7, 11) is 1.45. The average Bonchev–Trinajstić information content (AvgIpc) is 2.94. The quantitative estimate of drug-likeness (QED) is 0.784. The van der Waals surface area contributed by atoms with Crippen molar-refractivity contribution in [2.75, 3.05) is 13.7 Å². The monoisotopic (exact) mass is 351 g/mol. The van der Waals surface area contributed by atoms with Crippen LogP contribution < -0.4 is 10.2 Å². The van der Waals surface area contributed by atoms with Gasteiger partial charge >= 0.3 is 0 Å². The zero-order valence-corrected chi connectivity index (χ0v) is 14.4. The Balaban J connectivity index is 2.01. The molecule has 1 atom stereocenters. The van der Waals surface area contributed by atoms with Gasteiger partial charge in [0.1, 0.15) is 5.58 Å². The van der Waals surface area contributed by atoms with E-state index in [1.54, 1.807) is 41.3 Å². The van der Waals surface area contributed by atoms with Crippen molar-refractivity contribution in [1.29, 1.82) is 0 Å². The van der Waals surface area contributed by atoms with Crippen LogP contribution in [-0.4, -0.2) is 29.6 Å². The van der Waals surface area contributed by atoms with Gasteiger partial charge in [-0.15, -0.1) is 0 Å². The molecule has 0 aliphatic carbocycles. The molecule has 1 aliphatic rings. The number of phenols is 1. The third-order valence-electron chi connectivity index (χ3n) is 4.73. The summed E-state index contributed by atoms with van der Waals surface area (Å²) in [5, 5.41) is 10.3. The number of carbonyl (C=O) groups excluding carboxylic acids is 1. The lowest BCUT2D eigenvalue weighted by Crippen LogP contribution is -2.29. The van der Waals surface area contributed by atoms with E-state index in [4.69, 9.17) is 9.15 Å². The fraction of sp³-hybridized carbons (Fsp3) is 0.200. The Morgan fingerprint density at radius 2 is 1.96 bits per heavy atom. The van der Waals surface area contributed by atoms with Gasteiger partial charge in [-0.2, -0.15) is 0 Å². The van der Waals surface area contributed by atoms with Crippen LogP contribution in [0.15, 0.2) is 51.7 Å². The fourth-order valence-corrected chi connectivity index (χ4v) is 3.50. The third kappa shape index (κ3) is 2.19. The summed E-state index contributed by atoms with van der Waals surface area (Å²) in [6, 6.07) is 11.1. The van der Waals surface area contributed by atoms with Crippen LogP contribution in [0.1, 0.15) is 34.6 Å². The van der Waals surface area contributed by atoms with E-state index in [1.807, 2.05) is 6.92 Å². The van der Waals surface area contributed by atoms with E-state index in [0.29, 0.717) is 28.6 Å². The molecule has 3 aromatic rings. The number of aromatic hydroxyl groups is 1. The van der Waals surface area contributed by atoms with Crippen molar-refractivity contribution >= 4 is 16.9 Å². The molecule has 1 aromatic heterocycles. The van der Waals surface area contributed by atoms with Gasteiger partial charge in [-0.05, 0) is 36.8 Å². The second-order valence-electron chi connectivity index (χ2n) is 6.10. The first-order chi connectivity index (χ1) is 12.6. The first-order valence-electron chi connectivity index (χ1n) is 8.30. The molecule has 1 amide bonds. The second kappa shape index (κ2) is 5.91. The summed E-state index contributed by atoms with van der Waals surface area (Å²) in [6.45, 7) is 2.26. The second-order valence-corrected chi connectivity index (χ2v) is 6.10. The van der Waals surface area contributed by atoms with E-state index in [-0.39, 0.29) is 28.6 Å². The molecular weight excluding hydrogens is 334 g/mol. The zero-order valence-electron chi connectivity index (χ0n) is 14.4. The highest BCUT2D eigenvalue weighted by Gasteiger charge is 2.42. The summed E-state index contributed by atoms with van der Waals surface area (Å²) in [5.41, 5.74) is 1.17. The van der Waals surface area contributed by atoms with Crippen molar-refractivity contribution in [1.82, 2.24) is 4.90 Å². The van der Waals surface area contributed by atoms with Crippen LogP contribution in [0.5, 0.6) is 11.5 Å². The Bertz CT molecular complexity index is 1090. The molecule has 6 nitrogen and oxygen atoms in total. The van der Waals surface area contributed by atoms with Crippen LogP contribution in [0.3, 0.4) is 0 Å². The molecule has 2 aromatic carbocycles. The van der Waals surface area contributed by atoms with Gasteiger partial charge in [-0.25, -0.2) is 0 Å². The van der Waals surface area contributed by atoms with E-state index in [9.17, 15) is 14.7 Å². The zero-order chi connectivity index (χ0) is 18.4. The van der Waals surface area contributed by atoms with Gasteiger partial charge in [0.15, 0.2) is 16.9 Å². The Kier molecular flexibility index (Phi) is 3.68. The summed E-state index contributed by atoms with van der Waals surface area (Å²) in [4.78, 5) is 27.5. The summed E-state index contributed by atoms with van der Waals surface area (Å²) in [6.07, 6.45) is 0. The number of amides is 1. The number of para-hydroxylation sites is 1. The van der Waals surface area contributed by atoms with Crippen LogP contribution in [-0.2, 0) is 0 Å². The van der Waals surface area contributed by atoms with E-state index in [1.165, 1.54) is 13.2 Å². The molecule has 0 fully saturated rings. The largest absolute Gasteiger partial charge is 0.504 e. The summed E-state index contributed by atoms with van der Waals surface area (Å²) < 4.78 is 11.0. The molecule has 4 rings (SSSR count). The number of hydrogen-bond acceptors (Lipinski definition) is 5. The number of ether oxygens (including phenoxy) is 1. The number of hydrogen-bond donors (Lipinski definition) is 1. The first kappa shape index (κ1) is 16.2. The van der Waals surface area contributed by atoms with Gasteiger partial charge in [0, 0.05) is 6.54 Å². The molecule has 0 bridgehead atoms. The van der Waals surface area contributed by atoms with Gasteiger partial charge in [0.05, 0.1) is 24.1 Å². The Hall–Kier alpha value is -3.28. The van der Waals surface area contributed by atoms with Gasteiger partial charge < -0.3 is 19.2 Å². The topological polar surface area (TPSA) is 80.0 Å². The maximum atomic E-state index is 13.1. The number of fused-ring (bicyclic) bond motifs is 2. The maximum Gasteiger partial charge on any atom is 0.290 e. The molecule has 6 heteroatoms. The van der Waals surface area contributed by atoms with E-state index < -0.39 is 6.04 Å². The Labute approximate surface area is 149 Å². The lowest BCUT2D eigenvalue weighted by molar-refractivity contribution is 0.0737. The molecular formula is C20H17NO5. The fourth-order valence-electron chi connectivity index (χ4n) is 3.50. The highest BCUT2D eigenvalue weighted by Crippen LogP contribution is 2.40. The van der Waals surface area contributed by atoms with E-state index >= 15 is 0 Å². The van der Waals surface area contributed by atoms with Crippen LogP contribution >= 0.6 is 0 Å². The van der Waals surface area contributed by atoms with E-state index in [2.05, 4.69) is 0 Å². The SMILES string of the molecule is CCN1C(=O)c2oc3ccccc3c(=O)c2[C@@H]1c1ccc(O)c(OC)c1. The molecule has 0 saturated heterocycles. The smallest absolute Gasteiger partial charge is 0.290 e. The predicted octanol–water partition coefficient (Wildman–Crippen LogP) is 3.07. The number of nitrogens with zero attached hydrogens (tertiary/aromatic N) is 1. The number of methoxy groups -OCH3 is 1. The number of benzene rings is 2. The van der Waals surface area contributed by atoms with Crippen LogP contribution in [0.2, 0.25) is 0 Å². The maximum absolute atomic E-state index is 13.1. The Morgan fingerprint density at radius 1 is 1.19 bits per heavy atom. The third-order valence-corrected chi connectivity index (χ3v) is 4.73. The Morgan fingerprint density at radius 3 is 2.69 bits per heavy atom. The predicted molar refractivity (Wildman–Crippen MR) is 95.7 cm³/mol. The van der Waals surface area contributed by atoms with Crippen molar-refractivity contribution in [2.45, 2.75) is 13.0 Å². The molecule has 26 heavy (non-hydrogen) atoms. The molecule has 0 radical (unpaired) electrons. The molecule has 0 unspecified atom stereocenters. The summed E-state index contributed by atoms with van der Waals surface area (Å²) in [5.74, 6) is 0.0361. The van der Waals surface area contributed by atoms with Crippen LogP contribution in [0, 0.1) is 0 Å². The molecule has 1 N–H and O–H groups in total. The van der Waals surface area contributed by atoms with Crippen molar-refractivity contribution < 1.29 is 19.1 Å². The number of rotatable bonds is 3.